The summed E-state index contributed by atoms with van der Waals surface area (Å²) in [4.78, 5) is 3.23. The summed E-state index contributed by atoms with van der Waals surface area (Å²) in [5.74, 6) is 1.01. The molecule has 2 aromatic rings. The van der Waals surface area contributed by atoms with Crippen LogP contribution in [0.3, 0.4) is 0 Å². The van der Waals surface area contributed by atoms with E-state index < -0.39 is 0 Å². The number of ether oxygens (including phenoxy) is 1. The number of aromatic nitrogens is 1. The molecule has 0 saturated carbocycles. The zero-order valence-electron chi connectivity index (χ0n) is 8.68. The van der Waals surface area contributed by atoms with Crippen molar-refractivity contribution in [1.29, 1.82) is 0 Å². The number of nitrogens with one attached hydrogen (secondary N) is 1. The van der Waals surface area contributed by atoms with Crippen molar-refractivity contribution in [2.75, 3.05) is 6.61 Å². The molecule has 0 fully saturated rings. The molecule has 0 aliphatic rings. The summed E-state index contributed by atoms with van der Waals surface area (Å²) < 4.78 is 5.67. The highest BCUT2D eigenvalue weighted by molar-refractivity contribution is 5.74. The van der Waals surface area contributed by atoms with Gasteiger partial charge < -0.3 is 9.72 Å². The molecule has 2 bridgehead atoms. The molecule has 2 aromatic heterocycles. The van der Waals surface area contributed by atoms with Crippen molar-refractivity contribution in [3.05, 3.63) is 18.2 Å². The summed E-state index contributed by atoms with van der Waals surface area (Å²) in [5.41, 5.74) is 2.28. The van der Waals surface area contributed by atoms with E-state index in [1.165, 1.54) is 19.3 Å². The summed E-state index contributed by atoms with van der Waals surface area (Å²) in [6.45, 7) is 3.07. The van der Waals surface area contributed by atoms with E-state index in [0.717, 1.165) is 29.8 Å². The van der Waals surface area contributed by atoms with Crippen LogP contribution in [-0.2, 0) is 0 Å². The first kappa shape index (κ1) is 9.38. The number of unbranched alkanes of at least 4 members (excludes halogenated alkanes) is 3. The SMILES string of the molecule is CCCCCCOc1cc2ccc1[nH]2. The molecule has 0 saturated heterocycles. The number of rotatable bonds is 6. The fourth-order valence-electron chi connectivity index (χ4n) is 1.69. The van der Waals surface area contributed by atoms with E-state index in [-0.39, 0.29) is 0 Å². The predicted octanol–water partition coefficient (Wildman–Crippen LogP) is 3.56. The molecule has 1 N–H and O–H groups in total. The first-order valence-corrected chi connectivity index (χ1v) is 5.44. The van der Waals surface area contributed by atoms with Gasteiger partial charge in [0.15, 0.2) is 0 Å². The number of hydrogen-bond donors (Lipinski definition) is 1. The monoisotopic (exact) mass is 191 g/mol. The van der Waals surface area contributed by atoms with E-state index in [0.29, 0.717) is 0 Å². The van der Waals surface area contributed by atoms with Crippen molar-refractivity contribution in [1.82, 2.24) is 4.98 Å². The van der Waals surface area contributed by atoms with Gasteiger partial charge in [0.2, 0.25) is 0 Å². The summed E-state index contributed by atoms with van der Waals surface area (Å²) in [5, 5.41) is 0. The normalized spacial score (nSPS) is 11.2. The Labute approximate surface area is 84.6 Å². The number of H-pyrrole nitrogens is 1. The molecule has 2 heteroatoms. The molecule has 76 valence electrons. The molecular formula is C12H17NO. The summed E-state index contributed by atoms with van der Waals surface area (Å²) in [6.07, 6.45) is 5.03. The largest absolute Gasteiger partial charge is 0.491 e. The lowest BCUT2D eigenvalue weighted by Crippen LogP contribution is -1.96. The van der Waals surface area contributed by atoms with Crippen LogP contribution in [0.4, 0.5) is 0 Å². The quantitative estimate of drug-likeness (QED) is 0.694. The van der Waals surface area contributed by atoms with E-state index in [4.69, 9.17) is 4.74 Å². The van der Waals surface area contributed by atoms with Gasteiger partial charge >= 0.3 is 0 Å². The molecule has 0 aliphatic carbocycles. The lowest BCUT2D eigenvalue weighted by Gasteiger charge is -2.03. The van der Waals surface area contributed by atoms with Crippen LogP contribution in [0.15, 0.2) is 18.2 Å². The van der Waals surface area contributed by atoms with Gasteiger partial charge in [0.05, 0.1) is 12.1 Å². The third-order valence-corrected chi connectivity index (χ3v) is 2.52. The van der Waals surface area contributed by atoms with Crippen LogP contribution < -0.4 is 4.74 Å². The van der Waals surface area contributed by atoms with Crippen LogP contribution in [0.1, 0.15) is 32.6 Å². The van der Waals surface area contributed by atoms with Crippen molar-refractivity contribution >= 4 is 11.0 Å². The van der Waals surface area contributed by atoms with Gasteiger partial charge in [-0.3, -0.25) is 0 Å². The molecule has 0 unspecified atom stereocenters. The molecule has 2 nitrogen and oxygen atoms in total. The molecule has 0 amide bonds. The minimum Gasteiger partial charge on any atom is -0.491 e. The van der Waals surface area contributed by atoms with Crippen molar-refractivity contribution in [3.63, 3.8) is 0 Å². The highest BCUT2D eigenvalue weighted by atomic mass is 16.5. The molecule has 0 radical (unpaired) electrons. The van der Waals surface area contributed by atoms with Gasteiger partial charge in [0, 0.05) is 11.6 Å². The number of aromatic amines is 1. The van der Waals surface area contributed by atoms with Gasteiger partial charge in [0.1, 0.15) is 5.75 Å². The van der Waals surface area contributed by atoms with Crippen LogP contribution in [0.2, 0.25) is 0 Å². The van der Waals surface area contributed by atoms with Crippen LogP contribution >= 0.6 is 0 Å². The Balaban J connectivity index is 1.73. The van der Waals surface area contributed by atoms with Gasteiger partial charge in [-0.05, 0) is 18.6 Å². The van der Waals surface area contributed by atoms with Gasteiger partial charge in [-0.15, -0.1) is 0 Å². The number of hydrogen-bond acceptors (Lipinski definition) is 1. The highest BCUT2D eigenvalue weighted by Gasteiger charge is 2.03. The van der Waals surface area contributed by atoms with Gasteiger partial charge in [-0.25, -0.2) is 0 Å². The third-order valence-electron chi connectivity index (χ3n) is 2.52. The van der Waals surface area contributed by atoms with Crippen molar-refractivity contribution in [3.8, 4) is 5.75 Å². The van der Waals surface area contributed by atoms with Crippen molar-refractivity contribution in [2.24, 2.45) is 0 Å². The average molecular weight is 191 g/mol. The maximum atomic E-state index is 5.67. The topological polar surface area (TPSA) is 25.0 Å². The molecule has 14 heavy (non-hydrogen) atoms. The lowest BCUT2D eigenvalue weighted by atomic mass is 10.2. The van der Waals surface area contributed by atoms with Gasteiger partial charge in [-0.1, -0.05) is 26.2 Å². The van der Waals surface area contributed by atoms with E-state index in [1.807, 2.05) is 0 Å². The smallest absolute Gasteiger partial charge is 0.144 e. The van der Waals surface area contributed by atoms with E-state index in [9.17, 15) is 0 Å². The Kier molecular flexibility index (Phi) is 2.92. The molecule has 0 aliphatic heterocycles. The Hall–Kier alpha value is -1.18. The first-order chi connectivity index (χ1) is 6.90. The summed E-state index contributed by atoms with van der Waals surface area (Å²) >= 11 is 0. The number of fused-ring (bicyclic) bond motifs is 2. The minimum atomic E-state index is 0.845. The van der Waals surface area contributed by atoms with E-state index in [2.05, 4.69) is 30.1 Å². The zero-order valence-corrected chi connectivity index (χ0v) is 8.68. The maximum absolute atomic E-state index is 5.67. The van der Waals surface area contributed by atoms with Crippen LogP contribution in [0.25, 0.3) is 11.0 Å². The van der Waals surface area contributed by atoms with Gasteiger partial charge in [-0.2, -0.15) is 0 Å². The second kappa shape index (κ2) is 4.36. The Morgan fingerprint density at radius 2 is 2.14 bits per heavy atom. The second-order valence-electron chi connectivity index (χ2n) is 3.75. The molecule has 0 atom stereocenters. The van der Waals surface area contributed by atoms with E-state index in [1.54, 1.807) is 0 Å². The summed E-state index contributed by atoms with van der Waals surface area (Å²) in [7, 11) is 0. The molecule has 2 heterocycles. The van der Waals surface area contributed by atoms with E-state index >= 15 is 0 Å². The lowest BCUT2D eigenvalue weighted by molar-refractivity contribution is 0.309. The van der Waals surface area contributed by atoms with Crippen LogP contribution in [0, 0.1) is 0 Å². The van der Waals surface area contributed by atoms with Crippen LogP contribution in [0.5, 0.6) is 5.75 Å². The highest BCUT2D eigenvalue weighted by Crippen LogP contribution is 2.25. The molecule has 2 rings (SSSR count). The Bertz CT molecular complexity index is 366. The average Bonchev–Trinajstić information content (AvgIpc) is 2.79. The van der Waals surface area contributed by atoms with Crippen molar-refractivity contribution in [2.45, 2.75) is 32.6 Å². The molecular weight excluding hydrogens is 174 g/mol. The zero-order chi connectivity index (χ0) is 9.80. The maximum Gasteiger partial charge on any atom is 0.144 e. The Morgan fingerprint density at radius 3 is 2.79 bits per heavy atom. The van der Waals surface area contributed by atoms with Crippen LogP contribution in [-0.4, -0.2) is 11.6 Å². The standard InChI is InChI=1S/C12H17NO/c1-2-3-4-5-8-14-12-9-10-6-7-11(12)13-10/h6-7,9,13H,2-5,8H2,1H3. The van der Waals surface area contributed by atoms with Gasteiger partial charge in [0.25, 0.3) is 0 Å². The van der Waals surface area contributed by atoms with Crippen molar-refractivity contribution < 1.29 is 4.74 Å². The molecule has 0 spiro atoms. The minimum absolute atomic E-state index is 0.845. The Morgan fingerprint density at radius 1 is 1.21 bits per heavy atom. The fourth-order valence-corrected chi connectivity index (χ4v) is 1.69. The second-order valence-corrected chi connectivity index (χ2v) is 3.75. The fraction of sp³-hybridized carbons (Fsp3) is 0.500. The number of benzene rings is 1. The molecule has 0 aromatic carbocycles. The third kappa shape index (κ3) is 2.00. The predicted molar refractivity (Wildman–Crippen MR) is 59.1 cm³/mol. The first-order valence-electron chi connectivity index (χ1n) is 5.44. The summed E-state index contributed by atoms with van der Waals surface area (Å²) in [6, 6.07) is 6.20.